The summed E-state index contributed by atoms with van der Waals surface area (Å²) in [6.07, 6.45) is 0. The van der Waals surface area contributed by atoms with Crippen LogP contribution in [0, 0.1) is 0 Å². The minimum Gasteiger partial charge on any atom is -0.352 e. The number of nitrogens with two attached hydrogens (primary N) is 1. The third-order valence-corrected chi connectivity index (χ3v) is 4.75. The molecule has 0 aliphatic carbocycles. The quantitative estimate of drug-likeness (QED) is 0.727. The van der Waals surface area contributed by atoms with Crippen LogP contribution in [0.5, 0.6) is 0 Å². The van der Waals surface area contributed by atoms with E-state index < -0.39 is 6.03 Å². The van der Waals surface area contributed by atoms with Gasteiger partial charge in [0.05, 0.1) is 4.88 Å². The molecule has 22 heavy (non-hydrogen) atoms. The molecule has 0 atom stereocenters. The van der Waals surface area contributed by atoms with Crippen molar-refractivity contribution in [2.24, 2.45) is 5.73 Å². The fraction of sp³-hybridized carbons (Fsp3) is 0.0714. The molecule has 0 fully saturated rings. The van der Waals surface area contributed by atoms with E-state index in [0.29, 0.717) is 18.3 Å². The van der Waals surface area contributed by atoms with E-state index in [0.717, 1.165) is 20.5 Å². The Hall–Kier alpha value is -2.19. The number of hydrogen-bond acceptors (Lipinski definition) is 5. The van der Waals surface area contributed by atoms with Crippen molar-refractivity contribution >= 4 is 33.3 Å². The van der Waals surface area contributed by atoms with E-state index in [-0.39, 0.29) is 0 Å². The van der Waals surface area contributed by atoms with Gasteiger partial charge in [0.15, 0.2) is 0 Å². The van der Waals surface area contributed by atoms with Crippen molar-refractivity contribution in [1.29, 1.82) is 0 Å². The highest BCUT2D eigenvalue weighted by molar-refractivity contribution is 9.10. The van der Waals surface area contributed by atoms with Crippen LogP contribution in [-0.2, 0) is 6.54 Å². The van der Waals surface area contributed by atoms with Gasteiger partial charge < -0.3 is 15.6 Å². The van der Waals surface area contributed by atoms with Crippen molar-refractivity contribution in [2.45, 2.75) is 6.54 Å². The Kier molecular flexibility index (Phi) is 4.21. The van der Waals surface area contributed by atoms with Crippen LogP contribution in [0.2, 0.25) is 0 Å². The van der Waals surface area contributed by atoms with Crippen molar-refractivity contribution in [3.63, 3.8) is 0 Å². The lowest BCUT2D eigenvalue weighted by Crippen LogP contribution is -2.28. The number of thiophene rings is 1. The van der Waals surface area contributed by atoms with Crippen LogP contribution in [0.4, 0.5) is 4.79 Å². The molecule has 0 unspecified atom stereocenters. The number of rotatable bonds is 4. The highest BCUT2D eigenvalue weighted by Crippen LogP contribution is 2.32. The Labute approximate surface area is 138 Å². The first-order valence-corrected chi connectivity index (χ1v) is 8.00. The Morgan fingerprint density at radius 3 is 2.73 bits per heavy atom. The third-order valence-electron chi connectivity index (χ3n) is 2.91. The molecular formula is C14H11BrN4O2S. The second-order valence-corrected chi connectivity index (χ2v) is 6.21. The molecule has 6 nitrogen and oxygen atoms in total. The number of benzene rings is 1. The number of carbonyl (C=O) groups is 1. The highest BCUT2D eigenvalue weighted by atomic mass is 79.9. The Morgan fingerprint density at radius 2 is 2.09 bits per heavy atom. The summed E-state index contributed by atoms with van der Waals surface area (Å²) in [5.41, 5.74) is 6.78. The molecule has 0 bridgehead atoms. The molecule has 0 saturated heterocycles. The van der Waals surface area contributed by atoms with Crippen molar-refractivity contribution < 1.29 is 9.32 Å². The van der Waals surface area contributed by atoms with E-state index in [4.69, 9.17) is 10.3 Å². The number of halogens is 1. The summed E-state index contributed by atoms with van der Waals surface area (Å²) in [6, 6.07) is 8.85. The minimum absolute atomic E-state index is 0.382. The summed E-state index contributed by atoms with van der Waals surface area (Å²) in [5, 5.41) is 8.49. The fourth-order valence-electron chi connectivity index (χ4n) is 1.84. The van der Waals surface area contributed by atoms with E-state index in [1.165, 1.54) is 11.3 Å². The zero-order valence-electron chi connectivity index (χ0n) is 11.2. The van der Waals surface area contributed by atoms with Crippen LogP contribution in [0.3, 0.4) is 0 Å². The predicted molar refractivity (Wildman–Crippen MR) is 87.2 cm³/mol. The third kappa shape index (κ3) is 3.18. The Bertz CT molecular complexity index is 797. The van der Waals surface area contributed by atoms with Gasteiger partial charge in [-0.1, -0.05) is 17.3 Å². The molecule has 3 N–H and O–H groups in total. The molecule has 2 heterocycles. The number of primary amides is 1. The van der Waals surface area contributed by atoms with Gasteiger partial charge in [-0.05, 0) is 45.1 Å². The summed E-state index contributed by atoms with van der Waals surface area (Å²) >= 11 is 4.99. The van der Waals surface area contributed by atoms with E-state index in [1.807, 2.05) is 35.7 Å². The van der Waals surface area contributed by atoms with Gasteiger partial charge >= 0.3 is 6.03 Å². The van der Waals surface area contributed by atoms with E-state index >= 15 is 0 Å². The Balaban J connectivity index is 1.79. The van der Waals surface area contributed by atoms with Crippen LogP contribution in [-0.4, -0.2) is 16.2 Å². The molecule has 112 valence electrons. The topological polar surface area (TPSA) is 94.0 Å². The second kappa shape index (κ2) is 6.29. The SMILES string of the molecule is NC(=O)NCc1ccc(-c2nc(-c3sccc3Br)no2)cc1. The van der Waals surface area contributed by atoms with E-state index in [2.05, 4.69) is 31.4 Å². The second-order valence-electron chi connectivity index (χ2n) is 4.44. The zero-order valence-corrected chi connectivity index (χ0v) is 13.6. The van der Waals surface area contributed by atoms with Crippen molar-refractivity contribution in [1.82, 2.24) is 15.5 Å². The maximum Gasteiger partial charge on any atom is 0.312 e. The maximum absolute atomic E-state index is 10.7. The minimum atomic E-state index is -0.549. The first-order valence-electron chi connectivity index (χ1n) is 6.33. The number of carbonyl (C=O) groups excluding carboxylic acids is 1. The molecule has 2 aromatic heterocycles. The Morgan fingerprint density at radius 1 is 1.32 bits per heavy atom. The van der Waals surface area contributed by atoms with Crippen molar-refractivity contribution in [3.05, 3.63) is 45.7 Å². The average Bonchev–Trinajstić information content (AvgIpc) is 3.14. The predicted octanol–water partition coefficient (Wildman–Crippen LogP) is 3.40. The van der Waals surface area contributed by atoms with Crippen LogP contribution in [0.25, 0.3) is 22.2 Å². The zero-order chi connectivity index (χ0) is 15.5. The fourth-order valence-corrected chi connectivity index (χ4v) is 3.31. The highest BCUT2D eigenvalue weighted by Gasteiger charge is 2.14. The molecular weight excluding hydrogens is 368 g/mol. The molecule has 1 aromatic carbocycles. The standard InChI is InChI=1S/C14H11BrN4O2S/c15-10-5-6-22-11(10)12-18-13(21-19-12)9-3-1-8(2-4-9)7-17-14(16)20/h1-6H,7H2,(H3,16,17,20). The van der Waals surface area contributed by atoms with Crippen molar-refractivity contribution in [3.8, 4) is 22.2 Å². The van der Waals surface area contributed by atoms with Crippen molar-refractivity contribution in [2.75, 3.05) is 0 Å². The van der Waals surface area contributed by atoms with Crippen LogP contribution >= 0.6 is 27.3 Å². The molecule has 2 amide bonds. The number of amides is 2. The molecule has 8 heteroatoms. The van der Waals surface area contributed by atoms with Gasteiger partial charge in [-0.25, -0.2) is 4.79 Å². The van der Waals surface area contributed by atoms with Gasteiger partial charge in [0.1, 0.15) is 0 Å². The number of aromatic nitrogens is 2. The lowest BCUT2D eigenvalue weighted by Gasteiger charge is -2.02. The summed E-state index contributed by atoms with van der Waals surface area (Å²) in [7, 11) is 0. The average molecular weight is 379 g/mol. The largest absolute Gasteiger partial charge is 0.352 e. The van der Waals surface area contributed by atoms with Gasteiger partial charge in [-0.2, -0.15) is 4.98 Å². The van der Waals surface area contributed by atoms with Gasteiger partial charge in [0.2, 0.25) is 5.82 Å². The molecule has 0 aliphatic heterocycles. The molecule has 0 aliphatic rings. The van der Waals surface area contributed by atoms with Crippen LogP contribution in [0.15, 0.2) is 44.7 Å². The summed E-state index contributed by atoms with van der Waals surface area (Å²) < 4.78 is 6.24. The van der Waals surface area contributed by atoms with E-state index in [1.54, 1.807) is 0 Å². The molecule has 3 aromatic rings. The summed E-state index contributed by atoms with van der Waals surface area (Å²) in [6.45, 7) is 0.382. The number of hydrogen-bond donors (Lipinski definition) is 2. The maximum atomic E-state index is 10.7. The molecule has 0 saturated carbocycles. The number of nitrogens with zero attached hydrogens (tertiary/aromatic N) is 2. The lowest BCUT2D eigenvalue weighted by molar-refractivity contribution is 0.248. The van der Waals surface area contributed by atoms with E-state index in [9.17, 15) is 4.79 Å². The first-order chi connectivity index (χ1) is 10.6. The monoisotopic (exact) mass is 378 g/mol. The normalized spacial score (nSPS) is 10.6. The number of nitrogens with one attached hydrogen (secondary N) is 1. The van der Waals surface area contributed by atoms with Crippen LogP contribution < -0.4 is 11.1 Å². The van der Waals surface area contributed by atoms with Crippen LogP contribution in [0.1, 0.15) is 5.56 Å². The molecule has 0 radical (unpaired) electrons. The summed E-state index contributed by atoms with van der Waals surface area (Å²) in [4.78, 5) is 16.0. The molecule has 0 spiro atoms. The molecule has 3 rings (SSSR count). The van der Waals surface area contributed by atoms with Gasteiger partial charge in [-0.3, -0.25) is 0 Å². The van der Waals surface area contributed by atoms with Gasteiger partial charge in [0, 0.05) is 16.6 Å². The summed E-state index contributed by atoms with van der Waals surface area (Å²) in [5.74, 6) is 1.00. The number of urea groups is 1. The first kappa shape index (κ1) is 14.7. The lowest BCUT2D eigenvalue weighted by atomic mass is 10.1. The smallest absolute Gasteiger partial charge is 0.312 e. The van der Waals surface area contributed by atoms with Gasteiger partial charge in [0.25, 0.3) is 5.89 Å². The van der Waals surface area contributed by atoms with Gasteiger partial charge in [-0.15, -0.1) is 11.3 Å².